The van der Waals surface area contributed by atoms with E-state index in [0.29, 0.717) is 30.5 Å². The van der Waals surface area contributed by atoms with Gasteiger partial charge in [-0.2, -0.15) is 0 Å². The molecule has 4 aliphatic rings. The molecular weight excluding hydrogens is 540 g/mol. The minimum absolute atomic E-state index is 0.137. The van der Waals surface area contributed by atoms with E-state index < -0.39 is 65.3 Å². The minimum atomic E-state index is -1.27. The number of carbonyl (C=O) groups excluding carboxylic acids is 4. The van der Waals surface area contributed by atoms with E-state index in [4.69, 9.17) is 18.9 Å². The van der Waals surface area contributed by atoms with Crippen LogP contribution in [-0.4, -0.2) is 65.9 Å². The lowest BCUT2D eigenvalue weighted by Gasteiger charge is -2.60. The van der Waals surface area contributed by atoms with Crippen molar-refractivity contribution < 1.29 is 43.2 Å². The number of ketones is 1. The van der Waals surface area contributed by atoms with Gasteiger partial charge in [0.05, 0.1) is 30.1 Å². The Hall–Kier alpha value is -3.04. The van der Waals surface area contributed by atoms with Crippen molar-refractivity contribution >= 4 is 24.2 Å². The highest BCUT2D eigenvalue weighted by atomic mass is 16.6. The molecule has 1 N–H and O–H groups in total. The van der Waals surface area contributed by atoms with Gasteiger partial charge in [0.2, 0.25) is 0 Å². The maximum absolute atomic E-state index is 14.4. The van der Waals surface area contributed by atoms with Crippen LogP contribution < -0.4 is 0 Å². The zero-order valence-corrected chi connectivity index (χ0v) is 25.1. The van der Waals surface area contributed by atoms with Crippen molar-refractivity contribution in [2.45, 2.75) is 97.4 Å². The molecule has 228 valence electrons. The molecule has 9 nitrogen and oxygen atoms in total. The van der Waals surface area contributed by atoms with E-state index in [1.807, 2.05) is 58.0 Å². The van der Waals surface area contributed by atoms with Crippen molar-refractivity contribution in [2.24, 2.45) is 35.0 Å². The van der Waals surface area contributed by atoms with Crippen LogP contribution in [0.5, 0.6) is 0 Å². The van der Waals surface area contributed by atoms with Gasteiger partial charge in [0, 0.05) is 31.1 Å². The lowest BCUT2D eigenvalue weighted by molar-refractivity contribution is -0.264. The maximum atomic E-state index is 14.4. The highest BCUT2D eigenvalue weighted by molar-refractivity contribution is 5.92. The van der Waals surface area contributed by atoms with Gasteiger partial charge < -0.3 is 24.1 Å². The SMILES string of the molecule is CC(=O)O[C@H]1C(=O)C2C(O)C[C@H]3OC(C)C3C2C(OC=O)C2CC(OC(=O)C(C)Cc3ccccc3)C(C)=C1C2(C)C. The Bertz CT molecular complexity index is 1250. The first-order valence-corrected chi connectivity index (χ1v) is 15.0. The molecule has 3 aliphatic carbocycles. The number of fused-ring (bicyclic) bond motifs is 5. The van der Waals surface area contributed by atoms with Crippen LogP contribution in [0, 0.1) is 35.0 Å². The van der Waals surface area contributed by atoms with Crippen LogP contribution in [0.25, 0.3) is 0 Å². The topological polar surface area (TPSA) is 125 Å². The molecule has 0 radical (unpaired) electrons. The lowest BCUT2D eigenvalue weighted by Crippen LogP contribution is -2.68. The maximum Gasteiger partial charge on any atom is 0.309 e. The Labute approximate surface area is 246 Å². The molecule has 9 unspecified atom stereocenters. The summed E-state index contributed by atoms with van der Waals surface area (Å²) in [5.74, 6) is -3.88. The summed E-state index contributed by atoms with van der Waals surface area (Å²) in [4.78, 5) is 52.2. The Morgan fingerprint density at radius 1 is 1.14 bits per heavy atom. The van der Waals surface area contributed by atoms with Gasteiger partial charge in [-0.1, -0.05) is 51.1 Å². The average Bonchev–Trinajstić information content (AvgIpc) is 2.91. The third kappa shape index (κ3) is 5.19. The second kappa shape index (κ2) is 11.6. The Kier molecular flexibility index (Phi) is 8.38. The summed E-state index contributed by atoms with van der Waals surface area (Å²) in [7, 11) is 0. The highest BCUT2D eigenvalue weighted by Crippen LogP contribution is 2.58. The van der Waals surface area contributed by atoms with Gasteiger partial charge in [-0.15, -0.1) is 0 Å². The molecule has 1 aromatic carbocycles. The largest absolute Gasteiger partial charge is 0.464 e. The van der Waals surface area contributed by atoms with E-state index in [2.05, 4.69) is 0 Å². The van der Waals surface area contributed by atoms with Crippen molar-refractivity contribution in [2.75, 3.05) is 0 Å². The molecule has 5 rings (SSSR count). The van der Waals surface area contributed by atoms with Gasteiger partial charge in [0.15, 0.2) is 11.9 Å². The molecule has 1 aromatic rings. The third-order valence-electron chi connectivity index (χ3n) is 10.3. The van der Waals surface area contributed by atoms with E-state index in [1.165, 1.54) is 6.92 Å². The molecule has 11 atom stereocenters. The number of ether oxygens (including phenoxy) is 4. The number of rotatable bonds is 7. The summed E-state index contributed by atoms with van der Waals surface area (Å²) in [5.41, 5.74) is 1.42. The number of aliphatic hydroxyl groups excluding tert-OH is 1. The van der Waals surface area contributed by atoms with Crippen molar-refractivity contribution in [3.8, 4) is 0 Å². The van der Waals surface area contributed by atoms with Gasteiger partial charge in [-0.05, 0) is 48.8 Å². The standard InChI is InChI=1S/C33H42O9/c1-16(12-20-10-8-7-9-11-20)32(38)42-23-13-21-30(39-15-34)27-25-18(3)40-24(25)14-22(36)26(27)29(37)31(41-19(4)35)28(17(23)2)33(21,5)6/h7-11,15-16,18,21-27,30-31,36H,12-14H2,1-6H3/t16?,18?,21?,22?,23?,24-,25?,26?,27?,30?,31-/m1/s1. The van der Waals surface area contributed by atoms with E-state index in [-0.39, 0.29) is 30.5 Å². The first kappa shape index (κ1) is 30.4. The zero-order chi connectivity index (χ0) is 30.5. The molecule has 1 heterocycles. The Morgan fingerprint density at radius 3 is 2.45 bits per heavy atom. The van der Waals surface area contributed by atoms with Crippen molar-refractivity contribution in [1.82, 2.24) is 0 Å². The number of carbonyl (C=O) groups is 4. The second-order valence-electron chi connectivity index (χ2n) is 13.1. The number of benzene rings is 1. The fourth-order valence-corrected chi connectivity index (χ4v) is 8.36. The Morgan fingerprint density at radius 2 is 1.83 bits per heavy atom. The van der Waals surface area contributed by atoms with Crippen LogP contribution in [0.2, 0.25) is 0 Å². The minimum Gasteiger partial charge on any atom is -0.464 e. The number of aliphatic hydroxyl groups is 1. The fourth-order valence-electron chi connectivity index (χ4n) is 8.36. The molecule has 1 saturated heterocycles. The van der Waals surface area contributed by atoms with Crippen molar-refractivity contribution in [1.29, 1.82) is 0 Å². The first-order chi connectivity index (χ1) is 19.9. The van der Waals surface area contributed by atoms with E-state index in [0.717, 1.165) is 5.56 Å². The van der Waals surface area contributed by atoms with Gasteiger partial charge in [0.1, 0.15) is 12.2 Å². The van der Waals surface area contributed by atoms with Gasteiger partial charge in [-0.25, -0.2) is 0 Å². The molecule has 9 heteroatoms. The quantitative estimate of drug-likeness (QED) is 0.222. The Balaban J connectivity index is 1.58. The highest BCUT2D eigenvalue weighted by Gasteiger charge is 2.65. The summed E-state index contributed by atoms with van der Waals surface area (Å²) in [6.07, 6.45) is -3.16. The normalized spacial score (nSPS) is 37.5. The van der Waals surface area contributed by atoms with E-state index in [9.17, 15) is 24.3 Å². The summed E-state index contributed by atoms with van der Waals surface area (Å²) < 4.78 is 23.7. The summed E-state index contributed by atoms with van der Waals surface area (Å²) in [6, 6.07) is 9.69. The molecule has 1 aliphatic heterocycles. The van der Waals surface area contributed by atoms with Gasteiger partial charge in [0.25, 0.3) is 6.47 Å². The zero-order valence-electron chi connectivity index (χ0n) is 25.1. The predicted octanol–water partition coefficient (Wildman–Crippen LogP) is 3.60. The number of Topliss-reactive ketones (excluding diaryl/α,β-unsaturated/α-hetero) is 1. The second-order valence-corrected chi connectivity index (χ2v) is 13.1. The van der Waals surface area contributed by atoms with E-state index in [1.54, 1.807) is 6.92 Å². The lowest BCUT2D eigenvalue weighted by atomic mass is 9.51. The van der Waals surface area contributed by atoms with Crippen LogP contribution in [0.3, 0.4) is 0 Å². The van der Waals surface area contributed by atoms with Crippen molar-refractivity contribution in [3.05, 3.63) is 47.0 Å². The summed E-state index contributed by atoms with van der Waals surface area (Å²) >= 11 is 0. The van der Waals surface area contributed by atoms with Crippen molar-refractivity contribution in [3.63, 3.8) is 0 Å². The van der Waals surface area contributed by atoms with Crippen LogP contribution in [0.4, 0.5) is 0 Å². The molecule has 0 spiro atoms. The first-order valence-electron chi connectivity index (χ1n) is 15.0. The van der Waals surface area contributed by atoms with Crippen LogP contribution >= 0.6 is 0 Å². The molecule has 2 saturated carbocycles. The number of esters is 2. The van der Waals surface area contributed by atoms with Gasteiger partial charge in [-0.3, -0.25) is 19.2 Å². The summed E-state index contributed by atoms with van der Waals surface area (Å²) in [5, 5.41) is 11.3. The fraction of sp³-hybridized carbons (Fsp3) is 0.636. The third-order valence-corrected chi connectivity index (χ3v) is 10.3. The number of hydrogen-bond donors (Lipinski definition) is 1. The number of hydrogen-bond acceptors (Lipinski definition) is 9. The molecule has 42 heavy (non-hydrogen) atoms. The predicted molar refractivity (Wildman–Crippen MR) is 151 cm³/mol. The van der Waals surface area contributed by atoms with E-state index >= 15 is 0 Å². The average molecular weight is 583 g/mol. The van der Waals surface area contributed by atoms with Crippen LogP contribution in [-0.2, 0) is 44.5 Å². The molecule has 0 aromatic heterocycles. The monoisotopic (exact) mass is 582 g/mol. The molecule has 3 fully saturated rings. The smallest absolute Gasteiger partial charge is 0.309 e. The van der Waals surface area contributed by atoms with Crippen LogP contribution in [0.1, 0.15) is 59.9 Å². The summed E-state index contributed by atoms with van der Waals surface area (Å²) in [6.45, 7) is 11.1. The molecule has 2 bridgehead atoms. The van der Waals surface area contributed by atoms with Crippen LogP contribution in [0.15, 0.2) is 41.5 Å². The molecular formula is C33H42O9. The van der Waals surface area contributed by atoms with Gasteiger partial charge >= 0.3 is 11.9 Å². The molecule has 0 amide bonds.